The molecule has 1 aliphatic carbocycles. The van der Waals surface area contributed by atoms with E-state index in [0.29, 0.717) is 0 Å². The van der Waals surface area contributed by atoms with Crippen LogP contribution in [-0.4, -0.2) is 90.8 Å². The number of fused-ring (bicyclic) bond motifs is 4. The van der Waals surface area contributed by atoms with Gasteiger partial charge < -0.3 is 35.2 Å². The quantitative estimate of drug-likeness (QED) is 0.172. The number of carbonyl (C=O) groups excluding carboxylic acids is 1. The molecule has 1 aromatic heterocycles. The van der Waals surface area contributed by atoms with Crippen molar-refractivity contribution < 1.29 is 39.6 Å². The normalized spacial score (nSPS) is 20.8. The summed E-state index contributed by atoms with van der Waals surface area (Å²) in [6.07, 6.45) is 10.3. The van der Waals surface area contributed by atoms with Gasteiger partial charge in [-0.15, -0.1) is 0 Å². The third-order valence-corrected chi connectivity index (χ3v) is 10.1. The van der Waals surface area contributed by atoms with Gasteiger partial charge in [0, 0.05) is 34.8 Å². The van der Waals surface area contributed by atoms with E-state index in [1.54, 1.807) is 6.08 Å². The van der Waals surface area contributed by atoms with Gasteiger partial charge in [0.2, 0.25) is 5.91 Å². The Morgan fingerprint density at radius 2 is 1.52 bits per heavy atom. The highest BCUT2D eigenvalue weighted by molar-refractivity contribution is 5.93. The van der Waals surface area contributed by atoms with Crippen LogP contribution in [0.1, 0.15) is 81.5 Å². The number of benzene rings is 2. The van der Waals surface area contributed by atoms with Crippen molar-refractivity contribution in [1.82, 2.24) is 14.8 Å². The summed E-state index contributed by atoms with van der Waals surface area (Å²) in [4.78, 5) is 52.7. The van der Waals surface area contributed by atoms with E-state index < -0.39 is 36.4 Å². The van der Waals surface area contributed by atoms with E-state index in [-0.39, 0.29) is 17.0 Å². The number of hydrogen-bond donors (Lipinski definition) is 5. The van der Waals surface area contributed by atoms with E-state index >= 15 is 0 Å². The Morgan fingerprint density at radius 3 is 2.08 bits per heavy atom. The van der Waals surface area contributed by atoms with Gasteiger partial charge in [0.25, 0.3) is 0 Å². The van der Waals surface area contributed by atoms with Gasteiger partial charge in [-0.05, 0) is 75.9 Å². The molecule has 11 heteroatoms. The predicted octanol–water partition coefficient (Wildman–Crippen LogP) is 5.28. The molecule has 1 amide bonds. The molecule has 2 heterocycles. The molecular weight excluding hydrogens is 614 g/mol. The molecule has 11 nitrogen and oxygen atoms in total. The lowest BCUT2D eigenvalue weighted by Crippen LogP contribution is -2.59. The van der Waals surface area contributed by atoms with Gasteiger partial charge in [0.1, 0.15) is 0 Å². The van der Waals surface area contributed by atoms with Crippen LogP contribution in [0.5, 0.6) is 0 Å². The molecule has 0 saturated heterocycles. The van der Waals surface area contributed by atoms with Gasteiger partial charge in [-0.3, -0.25) is 14.4 Å². The number of carboxylic acid groups (broad SMARTS) is 3. The maximum atomic E-state index is 13.8. The number of aromatic amines is 1. The van der Waals surface area contributed by atoms with Crippen molar-refractivity contribution in [3.05, 3.63) is 77.5 Å². The number of amides is 1. The molecule has 258 valence electrons. The monoisotopic (exact) mass is 661 g/mol. The number of unbranched alkanes of at least 4 members (excludes halogenated alkanes) is 1. The van der Waals surface area contributed by atoms with E-state index in [0.717, 1.165) is 44.2 Å². The average Bonchev–Trinajstić information content (AvgIpc) is 3.43. The van der Waals surface area contributed by atoms with Crippen molar-refractivity contribution in [3.63, 3.8) is 0 Å². The molecule has 0 atom stereocenters. The standard InChI is InChI=1S/C31H39N3O.C6H8O7/c1-4-5-18-30(33(2)3)19-21-31(22-20-30)29-26(25-13-9-10-14-27(25)32-29)17-23-34(31)28(35)16-15-24-11-7-6-8-12-24;7-3(8)1-6(13,5(11)12)2-4(9)10/h6-16,32H,4-5,17-23H2,1-3H3;13H,1-2H2,(H,7,8)(H,9,10)(H,11,12). The summed E-state index contributed by atoms with van der Waals surface area (Å²) < 4.78 is 0. The Bertz CT molecular complexity index is 1620. The van der Waals surface area contributed by atoms with Crippen LogP contribution >= 0.6 is 0 Å². The molecule has 0 radical (unpaired) electrons. The number of para-hydroxylation sites is 1. The van der Waals surface area contributed by atoms with Crippen LogP contribution in [-0.2, 0) is 31.1 Å². The third kappa shape index (κ3) is 7.79. The van der Waals surface area contributed by atoms with Gasteiger partial charge >= 0.3 is 17.9 Å². The van der Waals surface area contributed by atoms with Crippen LogP contribution in [0.3, 0.4) is 0 Å². The minimum Gasteiger partial charge on any atom is -0.481 e. The SMILES string of the molecule is CCCCC1(N(C)C)CCC2(CC1)c1[nH]c3ccccc3c1CCN2C(=O)C=Cc1ccccc1.O=C(O)CC(O)(CC(=O)O)C(=O)O. The fourth-order valence-electron chi connectivity index (χ4n) is 7.36. The first-order valence-electron chi connectivity index (χ1n) is 16.5. The lowest BCUT2D eigenvalue weighted by molar-refractivity contribution is -0.170. The summed E-state index contributed by atoms with van der Waals surface area (Å²) >= 11 is 0. The fraction of sp³-hybridized carbons (Fsp3) is 0.459. The van der Waals surface area contributed by atoms with Crippen LogP contribution in [0.2, 0.25) is 0 Å². The second-order valence-electron chi connectivity index (χ2n) is 13.2. The van der Waals surface area contributed by atoms with E-state index in [9.17, 15) is 19.2 Å². The molecule has 0 unspecified atom stereocenters. The third-order valence-electron chi connectivity index (χ3n) is 10.1. The summed E-state index contributed by atoms with van der Waals surface area (Å²) in [6, 6.07) is 18.8. The molecule has 2 aliphatic rings. The molecule has 1 aliphatic heterocycles. The molecule has 5 rings (SSSR count). The number of aliphatic carboxylic acids is 3. The number of hydrogen-bond acceptors (Lipinski definition) is 6. The van der Waals surface area contributed by atoms with E-state index in [2.05, 4.69) is 60.1 Å². The Labute approximate surface area is 280 Å². The maximum Gasteiger partial charge on any atom is 0.336 e. The Morgan fingerprint density at radius 1 is 0.917 bits per heavy atom. The van der Waals surface area contributed by atoms with E-state index in [1.807, 2.05) is 36.4 Å². The van der Waals surface area contributed by atoms with Crippen LogP contribution in [0, 0.1) is 0 Å². The topological polar surface area (TPSA) is 171 Å². The predicted molar refractivity (Wildman–Crippen MR) is 182 cm³/mol. The number of nitrogens with zero attached hydrogens (tertiary/aromatic N) is 2. The van der Waals surface area contributed by atoms with Gasteiger partial charge in [0.05, 0.1) is 18.4 Å². The summed E-state index contributed by atoms with van der Waals surface area (Å²) in [5, 5.41) is 35.1. The Hall–Kier alpha value is -4.48. The van der Waals surface area contributed by atoms with Crippen molar-refractivity contribution in [2.45, 2.75) is 87.8 Å². The molecule has 5 N–H and O–H groups in total. The van der Waals surface area contributed by atoms with Gasteiger partial charge in [0.15, 0.2) is 5.60 Å². The Kier molecular flexibility index (Phi) is 11.5. The zero-order valence-electron chi connectivity index (χ0n) is 27.9. The van der Waals surface area contributed by atoms with Gasteiger partial charge in [-0.2, -0.15) is 0 Å². The summed E-state index contributed by atoms with van der Waals surface area (Å²) in [6.45, 7) is 3.06. The molecule has 1 spiro atoms. The average molecular weight is 662 g/mol. The van der Waals surface area contributed by atoms with Crippen molar-refractivity contribution in [2.75, 3.05) is 20.6 Å². The number of rotatable bonds is 11. The van der Waals surface area contributed by atoms with Crippen LogP contribution in [0.4, 0.5) is 0 Å². The largest absolute Gasteiger partial charge is 0.481 e. The highest BCUT2D eigenvalue weighted by Gasteiger charge is 2.52. The van der Waals surface area contributed by atoms with Crippen LogP contribution in [0.15, 0.2) is 60.7 Å². The highest BCUT2D eigenvalue weighted by atomic mass is 16.4. The van der Waals surface area contributed by atoms with Crippen molar-refractivity contribution in [3.8, 4) is 0 Å². The first kappa shape index (κ1) is 36.4. The van der Waals surface area contributed by atoms with Gasteiger partial charge in [-0.1, -0.05) is 68.3 Å². The molecule has 1 saturated carbocycles. The number of H-pyrrole nitrogens is 1. The molecular formula is C37H47N3O8. The van der Waals surface area contributed by atoms with Gasteiger partial charge in [-0.25, -0.2) is 4.79 Å². The second kappa shape index (κ2) is 15.2. The van der Waals surface area contributed by atoms with E-state index in [4.69, 9.17) is 20.4 Å². The zero-order chi connectivity index (χ0) is 35.1. The first-order chi connectivity index (χ1) is 22.8. The minimum atomic E-state index is -2.74. The number of carboxylic acids is 3. The first-order valence-corrected chi connectivity index (χ1v) is 16.5. The number of carbonyl (C=O) groups is 4. The Balaban J connectivity index is 0.000000341. The summed E-state index contributed by atoms with van der Waals surface area (Å²) in [5.74, 6) is -4.89. The highest BCUT2D eigenvalue weighted by Crippen LogP contribution is 2.52. The summed E-state index contributed by atoms with van der Waals surface area (Å²) in [7, 11) is 4.49. The molecule has 2 aromatic carbocycles. The second-order valence-corrected chi connectivity index (χ2v) is 13.2. The minimum absolute atomic E-state index is 0.129. The lowest BCUT2D eigenvalue weighted by Gasteiger charge is -2.55. The smallest absolute Gasteiger partial charge is 0.336 e. The van der Waals surface area contributed by atoms with Crippen molar-refractivity contribution in [2.24, 2.45) is 0 Å². The van der Waals surface area contributed by atoms with E-state index in [1.165, 1.54) is 41.4 Å². The lowest BCUT2D eigenvalue weighted by atomic mass is 9.66. The van der Waals surface area contributed by atoms with Crippen LogP contribution in [0.25, 0.3) is 17.0 Å². The molecule has 3 aromatic rings. The van der Waals surface area contributed by atoms with Crippen LogP contribution < -0.4 is 0 Å². The van der Waals surface area contributed by atoms with Crippen molar-refractivity contribution >= 4 is 40.8 Å². The number of aliphatic hydroxyl groups is 1. The summed E-state index contributed by atoms with van der Waals surface area (Å²) in [5.41, 5.74) is 2.18. The maximum absolute atomic E-state index is 13.8. The fourth-order valence-corrected chi connectivity index (χ4v) is 7.36. The number of nitrogens with one attached hydrogen (secondary N) is 1. The number of aromatic nitrogens is 1. The zero-order valence-corrected chi connectivity index (χ0v) is 27.9. The molecule has 48 heavy (non-hydrogen) atoms. The molecule has 0 bridgehead atoms. The van der Waals surface area contributed by atoms with Crippen molar-refractivity contribution in [1.29, 1.82) is 0 Å². The molecule has 1 fully saturated rings.